The smallest absolute Gasteiger partial charge is 0.282 e. The highest BCUT2D eigenvalue weighted by Gasteiger charge is 2.45. The maximum absolute atomic E-state index is 13.2. The van der Waals surface area contributed by atoms with E-state index in [-0.39, 0.29) is 24.4 Å². The maximum Gasteiger partial charge on any atom is 0.333 e. The van der Waals surface area contributed by atoms with E-state index < -0.39 is 6.04 Å². The Morgan fingerprint density at radius 1 is 1.04 bits per heavy atom. The third kappa shape index (κ3) is 3.64. The van der Waals surface area contributed by atoms with Crippen LogP contribution < -0.4 is 4.90 Å². The number of halogens is 1. The Kier molecular flexibility index (Phi) is 4.89. The lowest BCUT2D eigenvalue weighted by molar-refractivity contribution is -0.128. The number of carbonyl (C=O) groups is 2. The highest BCUT2D eigenvalue weighted by Crippen LogP contribution is 2.31. The number of hydrogen-bond acceptors (Lipinski definition) is 3. The van der Waals surface area contributed by atoms with Crippen LogP contribution in [0.4, 0.5) is 14.9 Å². The largest absolute Gasteiger partial charge is 0.333 e. The second-order valence-electron chi connectivity index (χ2n) is 7.68. The van der Waals surface area contributed by atoms with E-state index in [9.17, 15) is 14.0 Å². The molecule has 6 heteroatoms. The Morgan fingerprint density at radius 3 is 2.29 bits per heavy atom. The Morgan fingerprint density at radius 2 is 1.68 bits per heavy atom. The van der Waals surface area contributed by atoms with E-state index in [2.05, 4.69) is 4.90 Å². The fourth-order valence-electron chi connectivity index (χ4n) is 3.64. The number of benzene rings is 2. The summed E-state index contributed by atoms with van der Waals surface area (Å²) in [6.07, 6.45) is 2.10. The molecule has 0 radical (unpaired) electrons. The molecule has 1 atom stereocenters. The Bertz CT molecular complexity index is 878. The standard InChI is InChI=1S/C22H24FN3O2/c1-15-3-9-20(10-4-15)26-16(2)21(27)25(22(26)28)14-24(19-11-12-19)13-17-5-7-18(23)8-6-17/h3-10,16,19H,11-14H2,1-2H3/t16-/m0/s1. The fourth-order valence-corrected chi connectivity index (χ4v) is 3.64. The lowest BCUT2D eigenvalue weighted by Crippen LogP contribution is -2.43. The number of aryl methyl sites for hydroxylation is 1. The highest BCUT2D eigenvalue weighted by atomic mass is 19.1. The summed E-state index contributed by atoms with van der Waals surface area (Å²) in [4.78, 5) is 30.9. The molecule has 1 saturated heterocycles. The molecular weight excluding hydrogens is 357 g/mol. The van der Waals surface area contributed by atoms with Gasteiger partial charge in [-0.1, -0.05) is 29.8 Å². The van der Waals surface area contributed by atoms with Crippen molar-refractivity contribution < 1.29 is 14.0 Å². The van der Waals surface area contributed by atoms with Crippen molar-refractivity contribution in [2.45, 2.75) is 45.3 Å². The van der Waals surface area contributed by atoms with E-state index in [1.54, 1.807) is 24.0 Å². The van der Waals surface area contributed by atoms with Gasteiger partial charge in [0.2, 0.25) is 0 Å². The van der Waals surface area contributed by atoms with Crippen molar-refractivity contribution in [3.8, 4) is 0 Å². The van der Waals surface area contributed by atoms with Crippen LogP contribution in [0.15, 0.2) is 48.5 Å². The fraction of sp³-hybridized carbons (Fsp3) is 0.364. The summed E-state index contributed by atoms with van der Waals surface area (Å²) in [5.41, 5.74) is 2.80. The van der Waals surface area contributed by atoms with Gasteiger partial charge >= 0.3 is 6.03 Å². The second kappa shape index (κ2) is 7.36. The van der Waals surface area contributed by atoms with E-state index in [1.165, 1.54) is 17.0 Å². The zero-order valence-electron chi connectivity index (χ0n) is 16.1. The first-order valence-electron chi connectivity index (χ1n) is 9.64. The quantitative estimate of drug-likeness (QED) is 0.713. The molecule has 0 N–H and O–H groups in total. The second-order valence-corrected chi connectivity index (χ2v) is 7.68. The molecule has 1 aliphatic heterocycles. The van der Waals surface area contributed by atoms with Crippen molar-refractivity contribution in [1.82, 2.24) is 9.80 Å². The zero-order chi connectivity index (χ0) is 19.8. The van der Waals surface area contributed by atoms with Gasteiger partial charge in [0.05, 0.1) is 6.67 Å². The lowest BCUT2D eigenvalue weighted by Gasteiger charge is -2.27. The van der Waals surface area contributed by atoms with Crippen LogP contribution in [-0.4, -0.2) is 40.5 Å². The molecule has 1 aliphatic carbocycles. The van der Waals surface area contributed by atoms with Crippen molar-refractivity contribution in [3.63, 3.8) is 0 Å². The third-order valence-corrected chi connectivity index (χ3v) is 5.45. The summed E-state index contributed by atoms with van der Waals surface area (Å²) in [5.74, 6) is -0.454. The van der Waals surface area contributed by atoms with Crippen molar-refractivity contribution in [1.29, 1.82) is 0 Å². The number of amides is 3. The molecule has 2 aliphatic rings. The monoisotopic (exact) mass is 381 g/mol. The minimum Gasteiger partial charge on any atom is -0.282 e. The number of hydrogen-bond donors (Lipinski definition) is 0. The average Bonchev–Trinajstić information content (AvgIpc) is 3.50. The number of nitrogens with zero attached hydrogens (tertiary/aromatic N) is 3. The molecule has 0 aromatic heterocycles. The minimum atomic E-state index is -0.526. The van der Waals surface area contributed by atoms with Crippen LogP contribution in [0.1, 0.15) is 30.9 Å². The Hall–Kier alpha value is -2.73. The van der Waals surface area contributed by atoms with Gasteiger partial charge < -0.3 is 0 Å². The van der Waals surface area contributed by atoms with Crippen molar-refractivity contribution in [2.75, 3.05) is 11.6 Å². The van der Waals surface area contributed by atoms with Gasteiger partial charge in [-0.3, -0.25) is 14.6 Å². The minimum absolute atomic E-state index is 0.185. The van der Waals surface area contributed by atoms with Crippen LogP contribution in [0.25, 0.3) is 0 Å². The van der Waals surface area contributed by atoms with Gasteiger partial charge in [-0.05, 0) is 56.5 Å². The Labute approximate surface area is 164 Å². The first-order chi connectivity index (χ1) is 13.4. The maximum atomic E-state index is 13.2. The molecule has 5 nitrogen and oxygen atoms in total. The van der Waals surface area contributed by atoms with Crippen LogP contribution in [0, 0.1) is 12.7 Å². The van der Waals surface area contributed by atoms with Gasteiger partial charge in [-0.25, -0.2) is 14.1 Å². The van der Waals surface area contributed by atoms with Crippen molar-refractivity contribution in [3.05, 3.63) is 65.5 Å². The van der Waals surface area contributed by atoms with Crippen molar-refractivity contribution in [2.24, 2.45) is 0 Å². The van der Waals surface area contributed by atoms with E-state index >= 15 is 0 Å². The Balaban J connectivity index is 1.52. The van der Waals surface area contributed by atoms with Gasteiger partial charge in [0.15, 0.2) is 0 Å². The molecule has 0 bridgehead atoms. The summed E-state index contributed by atoms with van der Waals surface area (Å²) in [6, 6.07) is 13.5. The molecule has 2 fully saturated rings. The molecule has 1 saturated carbocycles. The van der Waals surface area contributed by atoms with Gasteiger partial charge in [-0.15, -0.1) is 0 Å². The predicted molar refractivity (Wildman–Crippen MR) is 105 cm³/mol. The number of anilines is 1. The zero-order valence-corrected chi connectivity index (χ0v) is 16.1. The molecule has 0 unspecified atom stereocenters. The average molecular weight is 381 g/mol. The van der Waals surface area contributed by atoms with Crippen molar-refractivity contribution >= 4 is 17.6 Å². The summed E-state index contributed by atoms with van der Waals surface area (Å²) < 4.78 is 13.2. The SMILES string of the molecule is Cc1ccc(N2C(=O)N(CN(Cc3ccc(F)cc3)C3CC3)C(=O)[C@@H]2C)cc1. The summed E-state index contributed by atoms with van der Waals surface area (Å²) >= 11 is 0. The van der Waals surface area contributed by atoms with E-state index in [0.29, 0.717) is 12.6 Å². The molecule has 0 spiro atoms. The molecule has 2 aromatic rings. The van der Waals surface area contributed by atoms with Crippen LogP contribution in [-0.2, 0) is 11.3 Å². The number of carbonyl (C=O) groups excluding carboxylic acids is 2. The van der Waals surface area contributed by atoms with E-state index in [1.807, 2.05) is 31.2 Å². The molecule has 1 heterocycles. The summed E-state index contributed by atoms with van der Waals surface area (Å²) in [6.45, 7) is 4.59. The number of imide groups is 1. The summed E-state index contributed by atoms with van der Waals surface area (Å²) in [5, 5.41) is 0. The first-order valence-corrected chi connectivity index (χ1v) is 9.64. The molecule has 146 valence electrons. The van der Waals surface area contributed by atoms with Gasteiger partial charge in [0.1, 0.15) is 11.9 Å². The van der Waals surface area contributed by atoms with Crippen LogP contribution >= 0.6 is 0 Å². The topological polar surface area (TPSA) is 43.9 Å². The molecule has 3 amide bonds. The van der Waals surface area contributed by atoms with Crippen LogP contribution in [0.3, 0.4) is 0 Å². The third-order valence-electron chi connectivity index (χ3n) is 5.45. The normalized spacial score (nSPS) is 19.8. The van der Waals surface area contributed by atoms with Crippen LogP contribution in [0.5, 0.6) is 0 Å². The van der Waals surface area contributed by atoms with Gasteiger partial charge in [0, 0.05) is 18.3 Å². The molecule has 4 rings (SSSR count). The highest BCUT2D eigenvalue weighted by molar-refractivity contribution is 6.14. The van der Waals surface area contributed by atoms with E-state index in [0.717, 1.165) is 29.7 Å². The summed E-state index contributed by atoms with van der Waals surface area (Å²) in [7, 11) is 0. The first kappa shape index (κ1) is 18.6. The molecule has 28 heavy (non-hydrogen) atoms. The van der Waals surface area contributed by atoms with Crippen LogP contribution in [0.2, 0.25) is 0 Å². The predicted octanol–water partition coefficient (Wildman–Crippen LogP) is 3.91. The lowest BCUT2D eigenvalue weighted by atomic mass is 10.2. The number of urea groups is 1. The van der Waals surface area contributed by atoms with E-state index in [4.69, 9.17) is 0 Å². The van der Waals surface area contributed by atoms with Gasteiger partial charge in [-0.2, -0.15) is 0 Å². The van der Waals surface area contributed by atoms with Gasteiger partial charge in [0.25, 0.3) is 5.91 Å². The number of rotatable bonds is 6. The molecule has 2 aromatic carbocycles. The molecular formula is C22H24FN3O2.